The number of fused-ring (bicyclic) bond motifs is 1. The van der Waals surface area contributed by atoms with Crippen molar-refractivity contribution < 1.29 is 9.53 Å². The SMILES string of the molecule is COc1ccc2cc(CN(CCN(C)C)C(=O)Cn3ccc(C)n3)c(-c3cccs3)nc2c1. The Morgan fingerprint density at radius 1 is 1.15 bits per heavy atom. The second kappa shape index (κ2) is 10.1. The molecule has 0 fully saturated rings. The van der Waals surface area contributed by atoms with Gasteiger partial charge in [-0.15, -0.1) is 11.3 Å². The molecule has 0 saturated carbocycles. The minimum Gasteiger partial charge on any atom is -0.497 e. The number of aryl methyl sites for hydroxylation is 1. The number of thiophene rings is 1. The van der Waals surface area contributed by atoms with Gasteiger partial charge in [0.15, 0.2) is 0 Å². The van der Waals surface area contributed by atoms with E-state index < -0.39 is 0 Å². The molecule has 1 aromatic carbocycles. The molecule has 0 aliphatic rings. The second-order valence-corrected chi connectivity index (χ2v) is 9.25. The van der Waals surface area contributed by atoms with Crippen LogP contribution in [0.1, 0.15) is 11.3 Å². The molecule has 0 atom stereocenters. The van der Waals surface area contributed by atoms with E-state index in [0.29, 0.717) is 13.1 Å². The Hall–Kier alpha value is -3.23. The zero-order valence-electron chi connectivity index (χ0n) is 19.5. The number of hydrogen-bond donors (Lipinski definition) is 0. The first-order valence-electron chi connectivity index (χ1n) is 10.9. The number of carbonyl (C=O) groups is 1. The maximum absolute atomic E-state index is 13.3. The highest BCUT2D eigenvalue weighted by atomic mass is 32.1. The van der Waals surface area contributed by atoms with Crippen LogP contribution in [0.4, 0.5) is 0 Å². The number of nitrogens with zero attached hydrogens (tertiary/aromatic N) is 5. The standard InChI is InChI=1S/C25H29N5O2S/c1-18-9-10-30(27-18)17-24(31)29(12-11-28(2)3)16-20-14-19-7-8-21(32-4)15-22(19)26-25(20)23-6-5-13-33-23/h5-10,13-15H,11-12,16-17H2,1-4H3. The first-order valence-corrected chi connectivity index (χ1v) is 11.7. The average Bonchev–Trinajstić information content (AvgIpc) is 3.47. The van der Waals surface area contributed by atoms with Crippen LogP contribution in [-0.2, 0) is 17.9 Å². The quantitative estimate of drug-likeness (QED) is 0.374. The van der Waals surface area contributed by atoms with Crippen LogP contribution in [0.15, 0.2) is 54.0 Å². The van der Waals surface area contributed by atoms with Crippen LogP contribution in [0, 0.1) is 6.92 Å². The second-order valence-electron chi connectivity index (χ2n) is 8.31. The fourth-order valence-corrected chi connectivity index (χ4v) is 4.42. The van der Waals surface area contributed by atoms with E-state index in [2.05, 4.69) is 22.1 Å². The normalized spacial score (nSPS) is 11.3. The molecular weight excluding hydrogens is 434 g/mol. The predicted molar refractivity (Wildman–Crippen MR) is 133 cm³/mol. The highest BCUT2D eigenvalue weighted by molar-refractivity contribution is 7.13. The van der Waals surface area contributed by atoms with Crippen molar-refractivity contribution in [2.45, 2.75) is 20.0 Å². The van der Waals surface area contributed by atoms with Crippen LogP contribution in [-0.4, -0.2) is 64.8 Å². The third-order valence-corrected chi connectivity index (χ3v) is 6.34. The summed E-state index contributed by atoms with van der Waals surface area (Å²) in [5, 5.41) is 7.46. The molecule has 3 heterocycles. The van der Waals surface area contributed by atoms with Crippen molar-refractivity contribution in [3.63, 3.8) is 0 Å². The van der Waals surface area contributed by atoms with Crippen molar-refractivity contribution in [2.24, 2.45) is 0 Å². The summed E-state index contributed by atoms with van der Waals surface area (Å²) in [6.45, 7) is 4.02. The van der Waals surface area contributed by atoms with E-state index in [9.17, 15) is 4.79 Å². The van der Waals surface area contributed by atoms with Gasteiger partial charge in [0.25, 0.3) is 0 Å². The number of aromatic nitrogens is 3. The van der Waals surface area contributed by atoms with E-state index in [1.54, 1.807) is 23.1 Å². The van der Waals surface area contributed by atoms with Gasteiger partial charge in [0, 0.05) is 37.3 Å². The zero-order chi connectivity index (χ0) is 23.4. The fraction of sp³-hybridized carbons (Fsp3) is 0.320. The molecular formula is C25H29N5O2S. The summed E-state index contributed by atoms with van der Waals surface area (Å²) in [7, 11) is 5.69. The Morgan fingerprint density at radius 3 is 2.67 bits per heavy atom. The van der Waals surface area contributed by atoms with E-state index >= 15 is 0 Å². The molecule has 0 radical (unpaired) electrons. The molecule has 0 bridgehead atoms. The molecule has 0 saturated heterocycles. The summed E-state index contributed by atoms with van der Waals surface area (Å²) in [5.74, 6) is 0.809. The van der Waals surface area contributed by atoms with Gasteiger partial charge in [0.2, 0.25) is 5.91 Å². The highest BCUT2D eigenvalue weighted by Crippen LogP contribution is 2.31. The van der Waals surface area contributed by atoms with Gasteiger partial charge in [0.05, 0.1) is 28.9 Å². The number of hydrogen-bond acceptors (Lipinski definition) is 6. The van der Waals surface area contributed by atoms with Crippen molar-refractivity contribution in [1.29, 1.82) is 0 Å². The minimum atomic E-state index is 0.0342. The van der Waals surface area contributed by atoms with Crippen LogP contribution in [0.2, 0.25) is 0 Å². The van der Waals surface area contributed by atoms with Crippen LogP contribution in [0.25, 0.3) is 21.5 Å². The molecule has 4 rings (SSSR count). The van der Waals surface area contributed by atoms with Gasteiger partial charge in [0.1, 0.15) is 12.3 Å². The molecule has 172 valence electrons. The van der Waals surface area contributed by atoms with E-state index in [-0.39, 0.29) is 12.5 Å². The minimum absolute atomic E-state index is 0.0342. The molecule has 0 unspecified atom stereocenters. The maximum atomic E-state index is 13.3. The van der Waals surface area contributed by atoms with Crippen molar-refractivity contribution in [3.05, 3.63) is 65.3 Å². The third kappa shape index (κ3) is 5.58. The molecule has 4 aromatic rings. The summed E-state index contributed by atoms with van der Waals surface area (Å²) in [5.41, 5.74) is 3.71. The Labute approximate surface area is 198 Å². The predicted octanol–water partition coefficient (Wildman–Crippen LogP) is 4.07. The van der Waals surface area contributed by atoms with E-state index in [1.807, 2.05) is 67.8 Å². The van der Waals surface area contributed by atoms with Crippen molar-refractivity contribution in [2.75, 3.05) is 34.3 Å². The topological polar surface area (TPSA) is 63.5 Å². The monoisotopic (exact) mass is 463 g/mol. The van der Waals surface area contributed by atoms with E-state index in [0.717, 1.165) is 45.0 Å². The highest BCUT2D eigenvalue weighted by Gasteiger charge is 2.19. The van der Waals surface area contributed by atoms with Crippen LogP contribution in [0.5, 0.6) is 5.75 Å². The summed E-state index contributed by atoms with van der Waals surface area (Å²) >= 11 is 1.65. The van der Waals surface area contributed by atoms with Gasteiger partial charge >= 0.3 is 0 Å². The Balaban J connectivity index is 1.70. The first kappa shape index (κ1) is 22.9. The lowest BCUT2D eigenvalue weighted by molar-refractivity contribution is -0.132. The largest absolute Gasteiger partial charge is 0.497 e. The first-order chi connectivity index (χ1) is 15.9. The molecule has 1 amide bonds. The fourth-order valence-electron chi connectivity index (χ4n) is 3.67. The number of pyridine rings is 1. The van der Waals surface area contributed by atoms with Crippen LogP contribution in [0.3, 0.4) is 0 Å². The number of amides is 1. The van der Waals surface area contributed by atoms with Crippen molar-refractivity contribution >= 4 is 28.1 Å². The lowest BCUT2D eigenvalue weighted by atomic mass is 10.1. The lowest BCUT2D eigenvalue weighted by Gasteiger charge is -2.25. The summed E-state index contributed by atoms with van der Waals surface area (Å²) in [6.07, 6.45) is 1.85. The Kier molecular flexibility index (Phi) is 7.05. The van der Waals surface area contributed by atoms with Crippen LogP contribution >= 0.6 is 11.3 Å². The number of carbonyl (C=O) groups excluding carboxylic acids is 1. The molecule has 33 heavy (non-hydrogen) atoms. The number of methoxy groups -OCH3 is 1. The number of benzene rings is 1. The molecule has 8 heteroatoms. The molecule has 3 aromatic heterocycles. The summed E-state index contributed by atoms with van der Waals surface area (Å²) in [6, 6.07) is 14.1. The molecule has 0 N–H and O–H groups in total. The van der Waals surface area contributed by atoms with Gasteiger partial charge in [-0.05, 0) is 62.3 Å². The smallest absolute Gasteiger partial charge is 0.244 e. The van der Waals surface area contributed by atoms with Crippen LogP contribution < -0.4 is 4.74 Å². The summed E-state index contributed by atoms with van der Waals surface area (Å²) in [4.78, 5) is 23.4. The van der Waals surface area contributed by atoms with Gasteiger partial charge in [-0.2, -0.15) is 5.10 Å². The van der Waals surface area contributed by atoms with Crippen molar-refractivity contribution in [1.82, 2.24) is 24.6 Å². The van der Waals surface area contributed by atoms with Crippen molar-refractivity contribution in [3.8, 4) is 16.3 Å². The van der Waals surface area contributed by atoms with E-state index in [1.165, 1.54) is 0 Å². The van der Waals surface area contributed by atoms with Gasteiger partial charge < -0.3 is 14.5 Å². The Morgan fingerprint density at radius 2 is 2.00 bits per heavy atom. The number of likely N-dealkylation sites (N-methyl/N-ethyl adjacent to an activating group) is 1. The lowest BCUT2D eigenvalue weighted by Crippen LogP contribution is -2.38. The van der Waals surface area contributed by atoms with Gasteiger partial charge in [-0.1, -0.05) is 6.07 Å². The molecule has 0 aliphatic heterocycles. The average molecular weight is 464 g/mol. The third-order valence-electron chi connectivity index (χ3n) is 5.46. The Bertz CT molecular complexity index is 1230. The molecule has 7 nitrogen and oxygen atoms in total. The number of ether oxygens (including phenoxy) is 1. The maximum Gasteiger partial charge on any atom is 0.244 e. The number of rotatable bonds is 9. The molecule has 0 spiro atoms. The zero-order valence-corrected chi connectivity index (χ0v) is 20.3. The van der Waals surface area contributed by atoms with Gasteiger partial charge in [-0.3, -0.25) is 9.48 Å². The summed E-state index contributed by atoms with van der Waals surface area (Å²) < 4.78 is 7.09. The van der Waals surface area contributed by atoms with Gasteiger partial charge in [-0.25, -0.2) is 4.98 Å². The van der Waals surface area contributed by atoms with E-state index in [4.69, 9.17) is 9.72 Å². The molecule has 0 aliphatic carbocycles.